The van der Waals surface area contributed by atoms with Crippen molar-refractivity contribution < 1.29 is 30.0 Å². The van der Waals surface area contributed by atoms with Gasteiger partial charge in [0, 0.05) is 18.7 Å². The number of amides is 1. The Morgan fingerprint density at radius 3 is 2.17 bits per heavy atom. The van der Waals surface area contributed by atoms with Crippen LogP contribution in [0, 0.1) is 13.8 Å². The van der Waals surface area contributed by atoms with Crippen LogP contribution >= 0.6 is 0 Å². The van der Waals surface area contributed by atoms with Crippen molar-refractivity contribution >= 4 is 34.7 Å². The minimum absolute atomic E-state index is 0.0972. The molecule has 3 aromatic rings. The molecule has 1 aliphatic rings. The first kappa shape index (κ1) is 32.6. The molecular weight excluding hydrogens is 528 g/mol. The first-order valence-corrected chi connectivity index (χ1v) is 12.7. The van der Waals surface area contributed by atoms with Crippen LogP contribution < -0.4 is 21.9 Å². The monoisotopic (exact) mass is 564 g/mol. The van der Waals surface area contributed by atoms with Crippen LogP contribution in [-0.4, -0.2) is 70.0 Å². The molecular formula is C29H36N6O6. The number of carbonyl (C=O) groups is 2. The first-order valence-electron chi connectivity index (χ1n) is 12.7. The molecule has 0 bridgehead atoms. The van der Waals surface area contributed by atoms with Gasteiger partial charge in [-0.15, -0.1) is 0 Å². The lowest BCUT2D eigenvalue weighted by Crippen LogP contribution is -2.28. The molecule has 1 aliphatic heterocycles. The number of aliphatic hydroxyl groups is 2. The molecule has 9 N–H and O–H groups in total. The van der Waals surface area contributed by atoms with Gasteiger partial charge in [0.15, 0.2) is 5.71 Å². The molecule has 12 heteroatoms. The summed E-state index contributed by atoms with van der Waals surface area (Å²) < 4.78 is 0. The third-order valence-electron chi connectivity index (χ3n) is 5.73. The summed E-state index contributed by atoms with van der Waals surface area (Å²) in [6.07, 6.45) is 0. The summed E-state index contributed by atoms with van der Waals surface area (Å²) in [5, 5.41) is 45.3. The second kappa shape index (κ2) is 15.8. The predicted octanol–water partition coefficient (Wildman–Crippen LogP) is 2.44. The molecule has 0 aliphatic carbocycles. The second-order valence-corrected chi connectivity index (χ2v) is 8.76. The van der Waals surface area contributed by atoms with E-state index in [-0.39, 0.29) is 41.8 Å². The van der Waals surface area contributed by atoms with E-state index >= 15 is 0 Å². The minimum Gasteiger partial charge on any atom is -0.505 e. The standard InChI is InChI=1S/C25H22N4O4.2C2H7NO/c1-14-10-11-19(12-15(14)2)29-24(31)22(16(3)28-29)27-26-21-9-5-8-20(23(21)30)17-6-4-7-18(13-17)25(32)33;2*3-1-2-4/h4-13,26,30H,1-3H3,(H,32,33);2*4H,1-3H2/b27-22-;;. The smallest absolute Gasteiger partial charge is 0.335 e. The molecule has 41 heavy (non-hydrogen) atoms. The predicted molar refractivity (Wildman–Crippen MR) is 160 cm³/mol. The molecule has 0 unspecified atom stereocenters. The van der Waals surface area contributed by atoms with E-state index in [4.69, 9.17) is 21.7 Å². The van der Waals surface area contributed by atoms with Crippen LogP contribution in [0.4, 0.5) is 11.4 Å². The maximum absolute atomic E-state index is 12.9. The highest BCUT2D eigenvalue weighted by atomic mass is 16.4. The number of phenols is 1. The summed E-state index contributed by atoms with van der Waals surface area (Å²) >= 11 is 0. The molecule has 218 valence electrons. The van der Waals surface area contributed by atoms with Crippen LogP contribution in [0.5, 0.6) is 5.75 Å². The largest absolute Gasteiger partial charge is 0.505 e. The van der Waals surface area contributed by atoms with Gasteiger partial charge in [-0.1, -0.05) is 30.3 Å². The Kier molecular flexibility index (Phi) is 12.6. The summed E-state index contributed by atoms with van der Waals surface area (Å²) in [7, 11) is 0. The number of hydrogen-bond acceptors (Lipinski definition) is 10. The number of aryl methyl sites for hydroxylation is 2. The fourth-order valence-electron chi connectivity index (χ4n) is 3.46. The van der Waals surface area contributed by atoms with Gasteiger partial charge in [0.25, 0.3) is 0 Å². The van der Waals surface area contributed by atoms with Crippen LogP contribution in [0.1, 0.15) is 28.4 Å². The van der Waals surface area contributed by atoms with Gasteiger partial charge in [-0.3, -0.25) is 10.2 Å². The van der Waals surface area contributed by atoms with E-state index in [0.717, 1.165) is 11.1 Å². The SMILES string of the molecule is CC1=NN(c2ccc(C)c(C)c2)C(=O)/C1=N\Nc1cccc(-c2cccc(C(=O)O)c2)c1O.NCCO.NCCO. The number of aliphatic hydroxyl groups excluding tert-OH is 2. The Labute approximate surface area is 238 Å². The molecule has 1 heterocycles. The fraction of sp³-hybridized carbons (Fsp3) is 0.241. The van der Waals surface area contributed by atoms with Crippen LogP contribution in [0.25, 0.3) is 11.1 Å². The third-order valence-corrected chi connectivity index (χ3v) is 5.73. The van der Waals surface area contributed by atoms with Crippen molar-refractivity contribution in [3.63, 3.8) is 0 Å². The van der Waals surface area contributed by atoms with Crippen LogP contribution in [0.3, 0.4) is 0 Å². The Bertz CT molecular complexity index is 1410. The maximum Gasteiger partial charge on any atom is 0.335 e. The lowest BCUT2D eigenvalue weighted by atomic mass is 10.0. The summed E-state index contributed by atoms with van der Waals surface area (Å²) in [5.74, 6) is -1.55. The van der Waals surface area contributed by atoms with Gasteiger partial charge in [0.2, 0.25) is 0 Å². The Morgan fingerprint density at radius 1 is 0.951 bits per heavy atom. The van der Waals surface area contributed by atoms with E-state index < -0.39 is 5.97 Å². The van der Waals surface area contributed by atoms with Gasteiger partial charge >= 0.3 is 11.9 Å². The second-order valence-electron chi connectivity index (χ2n) is 8.76. The number of phenolic OH excluding ortho intramolecular Hbond substituents is 1. The molecule has 1 amide bonds. The Hall–Kier alpha value is -4.62. The third kappa shape index (κ3) is 8.68. The zero-order chi connectivity index (χ0) is 30.5. The number of carboxylic acids is 1. The lowest BCUT2D eigenvalue weighted by Gasteiger charge is -2.13. The number of anilines is 2. The molecule has 0 spiro atoms. The van der Waals surface area contributed by atoms with Crippen LogP contribution in [0.2, 0.25) is 0 Å². The average Bonchev–Trinajstić information content (AvgIpc) is 3.26. The van der Waals surface area contributed by atoms with Gasteiger partial charge in [0.1, 0.15) is 5.75 Å². The van der Waals surface area contributed by atoms with Crippen LogP contribution in [-0.2, 0) is 4.79 Å². The maximum atomic E-state index is 12.9. The average molecular weight is 565 g/mol. The summed E-state index contributed by atoms with van der Waals surface area (Å²) in [5.41, 5.74) is 17.0. The van der Waals surface area contributed by atoms with Crippen molar-refractivity contribution in [1.82, 2.24) is 0 Å². The topological polar surface area (TPSA) is 207 Å². The first-order chi connectivity index (χ1) is 19.6. The molecule has 0 radical (unpaired) electrons. The summed E-state index contributed by atoms with van der Waals surface area (Å²) in [6.45, 7) is 6.59. The number of carboxylic acid groups (broad SMARTS) is 1. The van der Waals surface area contributed by atoms with Crippen molar-refractivity contribution in [2.45, 2.75) is 20.8 Å². The number of nitrogens with two attached hydrogens (primary N) is 2. The Morgan fingerprint density at radius 2 is 1.59 bits per heavy atom. The highest BCUT2D eigenvalue weighted by molar-refractivity contribution is 6.71. The summed E-state index contributed by atoms with van der Waals surface area (Å²) in [4.78, 5) is 24.2. The molecule has 0 fully saturated rings. The molecule has 0 saturated carbocycles. The highest BCUT2D eigenvalue weighted by Gasteiger charge is 2.31. The van der Waals surface area contributed by atoms with Crippen molar-refractivity contribution in [3.8, 4) is 16.9 Å². The molecule has 0 atom stereocenters. The van der Waals surface area contributed by atoms with E-state index in [1.54, 1.807) is 37.3 Å². The molecule has 12 nitrogen and oxygen atoms in total. The van der Waals surface area contributed by atoms with E-state index in [1.807, 2.05) is 32.0 Å². The quantitative estimate of drug-likeness (QED) is 0.166. The number of nitrogens with one attached hydrogen (secondary N) is 1. The minimum atomic E-state index is -1.06. The zero-order valence-electron chi connectivity index (χ0n) is 23.2. The van der Waals surface area contributed by atoms with Gasteiger partial charge in [-0.2, -0.15) is 15.2 Å². The number of nitrogens with zero attached hydrogens (tertiary/aromatic N) is 3. The summed E-state index contributed by atoms with van der Waals surface area (Å²) in [6, 6.07) is 16.9. The van der Waals surface area contributed by atoms with E-state index in [0.29, 0.717) is 35.6 Å². The molecule has 3 aromatic carbocycles. The number of aromatic carboxylic acids is 1. The van der Waals surface area contributed by atoms with Gasteiger partial charge in [0.05, 0.1) is 35.9 Å². The number of benzene rings is 3. The number of rotatable bonds is 7. The number of aromatic hydroxyl groups is 1. The van der Waals surface area contributed by atoms with E-state index in [1.165, 1.54) is 17.1 Å². The lowest BCUT2D eigenvalue weighted by molar-refractivity contribution is -0.112. The van der Waals surface area contributed by atoms with Crippen molar-refractivity contribution in [3.05, 3.63) is 77.4 Å². The van der Waals surface area contributed by atoms with Crippen molar-refractivity contribution in [2.75, 3.05) is 36.7 Å². The number of carbonyl (C=O) groups excluding carboxylic acids is 1. The zero-order valence-corrected chi connectivity index (χ0v) is 23.2. The molecule has 4 rings (SSSR count). The highest BCUT2D eigenvalue weighted by Crippen LogP contribution is 2.36. The van der Waals surface area contributed by atoms with Crippen LogP contribution in [0.15, 0.2) is 70.9 Å². The van der Waals surface area contributed by atoms with Crippen molar-refractivity contribution in [1.29, 1.82) is 0 Å². The number of para-hydroxylation sites is 1. The normalized spacial score (nSPS) is 13.1. The van der Waals surface area contributed by atoms with Gasteiger partial charge in [-0.05, 0) is 67.8 Å². The van der Waals surface area contributed by atoms with E-state index in [2.05, 4.69) is 15.6 Å². The van der Waals surface area contributed by atoms with Crippen molar-refractivity contribution in [2.24, 2.45) is 21.7 Å². The number of hydrogen-bond donors (Lipinski definition) is 7. The van der Waals surface area contributed by atoms with E-state index in [9.17, 15) is 19.8 Å². The number of hydrazone groups is 2. The van der Waals surface area contributed by atoms with Gasteiger partial charge in [-0.25, -0.2) is 4.79 Å². The molecule has 0 saturated heterocycles. The Balaban J connectivity index is 0.000000653. The molecule has 0 aromatic heterocycles. The fourth-order valence-corrected chi connectivity index (χ4v) is 3.46. The van der Waals surface area contributed by atoms with Gasteiger partial charge < -0.3 is 31.9 Å².